The van der Waals surface area contributed by atoms with E-state index in [1.54, 1.807) is 12.3 Å². The van der Waals surface area contributed by atoms with Gasteiger partial charge < -0.3 is 0 Å². The zero-order chi connectivity index (χ0) is 15.6. The first-order valence-electron chi connectivity index (χ1n) is 6.20. The Morgan fingerprint density at radius 3 is 2.57 bits per heavy atom. The smallest absolute Gasteiger partial charge is 0.261 e. The molecule has 21 heavy (non-hydrogen) atoms. The third-order valence-corrected chi connectivity index (χ3v) is 3.54. The van der Waals surface area contributed by atoms with Crippen molar-refractivity contribution in [1.82, 2.24) is 4.98 Å². The van der Waals surface area contributed by atoms with Gasteiger partial charge in [-0.3, -0.25) is 4.98 Å². The molecule has 1 nitrogen and oxygen atoms in total. The Labute approximate surface area is 124 Å². The van der Waals surface area contributed by atoms with Crippen molar-refractivity contribution in [3.8, 4) is 0 Å². The van der Waals surface area contributed by atoms with Crippen LogP contribution in [0.4, 0.5) is 17.6 Å². The van der Waals surface area contributed by atoms with Crippen LogP contribution in [0.3, 0.4) is 0 Å². The number of nitrogens with zero attached hydrogens (tertiary/aromatic N) is 1. The minimum absolute atomic E-state index is 0.159. The van der Waals surface area contributed by atoms with Gasteiger partial charge >= 0.3 is 6.18 Å². The van der Waals surface area contributed by atoms with E-state index in [0.717, 1.165) is 17.7 Å². The quantitative estimate of drug-likeness (QED) is 0.569. The molecule has 112 valence electrons. The van der Waals surface area contributed by atoms with Crippen molar-refractivity contribution in [2.45, 2.75) is 24.9 Å². The third-order valence-electron chi connectivity index (χ3n) is 3.15. The van der Waals surface area contributed by atoms with Gasteiger partial charge in [-0.1, -0.05) is 6.07 Å². The second kappa shape index (κ2) is 6.02. The highest BCUT2D eigenvalue weighted by Crippen LogP contribution is 2.34. The van der Waals surface area contributed by atoms with Crippen molar-refractivity contribution in [2.75, 3.05) is 0 Å². The van der Waals surface area contributed by atoms with Crippen molar-refractivity contribution < 1.29 is 17.6 Å². The van der Waals surface area contributed by atoms with E-state index in [0.29, 0.717) is 11.8 Å². The van der Waals surface area contributed by atoms with Crippen LogP contribution in [0.1, 0.15) is 27.8 Å². The molecular weight excluding hydrogens is 306 g/mol. The molecule has 1 aromatic carbocycles. The SMILES string of the molecule is Cc1cccnc1CC(Cl)c1cc(C(F)(F)F)ccc1F. The van der Waals surface area contributed by atoms with Crippen LogP contribution in [0.5, 0.6) is 0 Å². The van der Waals surface area contributed by atoms with E-state index in [2.05, 4.69) is 4.98 Å². The predicted molar refractivity (Wildman–Crippen MR) is 72.7 cm³/mol. The normalized spacial score (nSPS) is 13.2. The van der Waals surface area contributed by atoms with Gasteiger partial charge in [-0.15, -0.1) is 11.6 Å². The van der Waals surface area contributed by atoms with Crippen LogP contribution < -0.4 is 0 Å². The molecule has 0 aliphatic carbocycles. The van der Waals surface area contributed by atoms with Crippen LogP contribution >= 0.6 is 11.6 Å². The zero-order valence-corrected chi connectivity index (χ0v) is 11.8. The largest absolute Gasteiger partial charge is 0.416 e. The van der Waals surface area contributed by atoms with Crippen LogP contribution in [0.25, 0.3) is 0 Å². The van der Waals surface area contributed by atoms with E-state index in [1.165, 1.54) is 0 Å². The summed E-state index contributed by atoms with van der Waals surface area (Å²) in [5.74, 6) is -0.753. The number of pyridine rings is 1. The molecule has 2 aromatic rings. The van der Waals surface area contributed by atoms with Gasteiger partial charge in [-0.2, -0.15) is 13.2 Å². The lowest BCUT2D eigenvalue weighted by Gasteiger charge is -2.14. The Hall–Kier alpha value is -1.62. The molecule has 1 atom stereocenters. The van der Waals surface area contributed by atoms with E-state index >= 15 is 0 Å². The number of hydrogen-bond donors (Lipinski definition) is 0. The molecule has 0 spiro atoms. The number of aryl methyl sites for hydroxylation is 1. The van der Waals surface area contributed by atoms with Crippen LogP contribution in [0.15, 0.2) is 36.5 Å². The molecule has 6 heteroatoms. The number of halogens is 5. The summed E-state index contributed by atoms with van der Waals surface area (Å²) in [5, 5.41) is -0.916. The maximum absolute atomic E-state index is 13.7. The van der Waals surface area contributed by atoms with E-state index < -0.39 is 22.9 Å². The molecule has 1 heterocycles. The van der Waals surface area contributed by atoms with Crippen molar-refractivity contribution in [3.63, 3.8) is 0 Å². The first-order chi connectivity index (χ1) is 9.79. The molecule has 0 bridgehead atoms. The van der Waals surface area contributed by atoms with Crippen LogP contribution in [0, 0.1) is 12.7 Å². The van der Waals surface area contributed by atoms with Gasteiger partial charge in [0, 0.05) is 23.9 Å². The van der Waals surface area contributed by atoms with Crippen LogP contribution in [-0.2, 0) is 12.6 Å². The molecule has 2 rings (SSSR count). The van der Waals surface area contributed by atoms with E-state index in [9.17, 15) is 17.6 Å². The van der Waals surface area contributed by atoms with Crippen LogP contribution in [0.2, 0.25) is 0 Å². The van der Waals surface area contributed by atoms with Gasteiger partial charge in [0.05, 0.1) is 10.9 Å². The third kappa shape index (κ3) is 3.73. The average Bonchev–Trinajstić information content (AvgIpc) is 2.40. The average molecular weight is 318 g/mol. The Morgan fingerprint density at radius 1 is 1.24 bits per heavy atom. The molecule has 0 radical (unpaired) electrons. The maximum Gasteiger partial charge on any atom is 0.416 e. The first kappa shape index (κ1) is 15.8. The van der Waals surface area contributed by atoms with Gasteiger partial charge in [0.2, 0.25) is 0 Å². The number of alkyl halides is 4. The highest BCUT2D eigenvalue weighted by molar-refractivity contribution is 6.20. The standard InChI is InChI=1S/C15H12ClF4N/c1-9-3-2-6-21-14(9)8-12(16)11-7-10(15(18,19)20)4-5-13(11)17/h2-7,12H,8H2,1H3. The summed E-state index contributed by atoms with van der Waals surface area (Å²) in [7, 11) is 0. The lowest BCUT2D eigenvalue weighted by Crippen LogP contribution is -2.08. The summed E-state index contributed by atoms with van der Waals surface area (Å²) < 4.78 is 51.8. The molecule has 0 saturated carbocycles. The highest BCUT2D eigenvalue weighted by atomic mass is 35.5. The molecule has 0 aliphatic heterocycles. The van der Waals surface area contributed by atoms with Gasteiger partial charge in [0.15, 0.2) is 0 Å². The molecular formula is C15H12ClF4N. The number of benzene rings is 1. The Bertz CT molecular complexity index is 640. The van der Waals surface area contributed by atoms with Gasteiger partial charge in [0.1, 0.15) is 5.82 Å². The number of rotatable bonds is 3. The highest BCUT2D eigenvalue weighted by Gasteiger charge is 2.32. The Kier molecular flexibility index (Phi) is 4.52. The fourth-order valence-corrected chi connectivity index (χ4v) is 2.29. The van der Waals surface area contributed by atoms with Gasteiger partial charge in [-0.25, -0.2) is 4.39 Å². The van der Waals surface area contributed by atoms with E-state index in [-0.39, 0.29) is 12.0 Å². The molecule has 0 N–H and O–H groups in total. The van der Waals surface area contributed by atoms with Crippen LogP contribution in [-0.4, -0.2) is 4.98 Å². The number of hydrogen-bond acceptors (Lipinski definition) is 1. The van der Waals surface area contributed by atoms with Crippen molar-refractivity contribution in [1.29, 1.82) is 0 Å². The monoisotopic (exact) mass is 317 g/mol. The molecule has 1 unspecified atom stereocenters. The molecule has 0 fully saturated rings. The lowest BCUT2D eigenvalue weighted by molar-refractivity contribution is -0.137. The Balaban J connectivity index is 2.31. The topological polar surface area (TPSA) is 12.9 Å². The molecule has 1 aromatic heterocycles. The minimum atomic E-state index is -4.53. The first-order valence-corrected chi connectivity index (χ1v) is 6.64. The van der Waals surface area contributed by atoms with Gasteiger partial charge in [-0.05, 0) is 36.8 Å². The zero-order valence-electron chi connectivity index (χ0n) is 11.1. The maximum atomic E-state index is 13.7. The number of aromatic nitrogens is 1. The Morgan fingerprint density at radius 2 is 1.95 bits per heavy atom. The summed E-state index contributed by atoms with van der Waals surface area (Å²) in [6.45, 7) is 1.81. The van der Waals surface area contributed by atoms with Crippen molar-refractivity contribution in [2.24, 2.45) is 0 Å². The fraction of sp³-hybridized carbons (Fsp3) is 0.267. The van der Waals surface area contributed by atoms with Crippen molar-refractivity contribution in [3.05, 3.63) is 64.7 Å². The second-order valence-electron chi connectivity index (χ2n) is 4.67. The minimum Gasteiger partial charge on any atom is -0.261 e. The molecule has 0 saturated heterocycles. The summed E-state index contributed by atoms with van der Waals surface area (Å²) in [4.78, 5) is 4.12. The van der Waals surface area contributed by atoms with Gasteiger partial charge in [0.25, 0.3) is 0 Å². The summed E-state index contributed by atoms with van der Waals surface area (Å²) >= 11 is 6.09. The van der Waals surface area contributed by atoms with Crippen molar-refractivity contribution >= 4 is 11.6 Å². The fourth-order valence-electron chi connectivity index (χ4n) is 1.97. The summed E-state index contributed by atoms with van der Waals surface area (Å²) in [6, 6.07) is 5.81. The molecule has 0 aliphatic rings. The summed E-state index contributed by atoms with van der Waals surface area (Å²) in [5.41, 5.74) is 0.406. The second-order valence-corrected chi connectivity index (χ2v) is 5.20. The lowest BCUT2D eigenvalue weighted by atomic mass is 10.0. The van der Waals surface area contributed by atoms with E-state index in [1.807, 2.05) is 13.0 Å². The molecule has 0 amide bonds. The predicted octanol–water partition coefficient (Wildman–Crippen LogP) is 5.07. The van der Waals surface area contributed by atoms with E-state index in [4.69, 9.17) is 11.6 Å². The summed E-state index contributed by atoms with van der Waals surface area (Å²) in [6.07, 6.45) is -2.80.